The quantitative estimate of drug-likeness (QED) is 0.518. The molecule has 3 aliphatic rings. The van der Waals surface area contributed by atoms with Gasteiger partial charge in [-0.05, 0) is 31.0 Å². The Morgan fingerprint density at radius 2 is 1.89 bits per heavy atom. The molecule has 1 aromatic carbocycles. The minimum Gasteiger partial charge on any atom is -0.493 e. The highest BCUT2D eigenvalue weighted by Crippen LogP contribution is 2.27. The SMILES string of the molecule is CCNC(=NCC1CN2CCN1CC2)NCCc1ccc(OC)c(OC)c1. The number of ether oxygens (including phenoxy) is 2. The zero-order valence-electron chi connectivity index (χ0n) is 16.8. The minimum atomic E-state index is 0.550. The van der Waals surface area contributed by atoms with E-state index in [0.29, 0.717) is 6.04 Å². The Kier molecular flexibility index (Phi) is 7.18. The molecule has 1 unspecified atom stereocenters. The van der Waals surface area contributed by atoms with Gasteiger partial charge in [-0.15, -0.1) is 0 Å². The normalized spacial score (nSPS) is 24.6. The maximum Gasteiger partial charge on any atom is 0.191 e. The molecule has 3 fully saturated rings. The number of fused-ring (bicyclic) bond motifs is 3. The number of nitrogens with one attached hydrogen (secondary N) is 2. The lowest BCUT2D eigenvalue weighted by Crippen LogP contribution is -2.62. The monoisotopic (exact) mass is 375 g/mol. The van der Waals surface area contributed by atoms with Crippen molar-refractivity contribution in [2.45, 2.75) is 19.4 Å². The van der Waals surface area contributed by atoms with Crippen LogP contribution in [-0.4, -0.2) is 88.4 Å². The van der Waals surface area contributed by atoms with E-state index in [2.05, 4.69) is 33.4 Å². The summed E-state index contributed by atoms with van der Waals surface area (Å²) >= 11 is 0. The van der Waals surface area contributed by atoms with E-state index in [-0.39, 0.29) is 0 Å². The van der Waals surface area contributed by atoms with Crippen molar-refractivity contribution in [3.8, 4) is 11.5 Å². The van der Waals surface area contributed by atoms with Crippen LogP contribution in [0.5, 0.6) is 11.5 Å². The van der Waals surface area contributed by atoms with Crippen LogP contribution < -0.4 is 20.1 Å². The summed E-state index contributed by atoms with van der Waals surface area (Å²) in [7, 11) is 3.32. The molecule has 0 aliphatic carbocycles. The van der Waals surface area contributed by atoms with Crippen LogP contribution in [0.1, 0.15) is 12.5 Å². The summed E-state index contributed by atoms with van der Waals surface area (Å²) < 4.78 is 10.7. The molecule has 0 aromatic heterocycles. The van der Waals surface area contributed by atoms with Gasteiger partial charge in [0.2, 0.25) is 0 Å². The zero-order chi connectivity index (χ0) is 19.1. The number of hydrogen-bond acceptors (Lipinski definition) is 5. The van der Waals surface area contributed by atoms with Gasteiger partial charge < -0.3 is 20.1 Å². The molecule has 27 heavy (non-hydrogen) atoms. The first-order chi connectivity index (χ1) is 13.2. The predicted octanol–water partition coefficient (Wildman–Crippen LogP) is 0.801. The Balaban J connectivity index is 1.50. The number of hydrogen-bond donors (Lipinski definition) is 2. The summed E-state index contributed by atoms with van der Waals surface area (Å²) in [6, 6.07) is 6.61. The molecule has 3 aliphatic heterocycles. The molecule has 0 spiro atoms. The van der Waals surface area contributed by atoms with Gasteiger partial charge in [-0.1, -0.05) is 6.07 Å². The molecule has 0 saturated carbocycles. The molecule has 0 amide bonds. The number of rotatable bonds is 8. The molecule has 7 nitrogen and oxygen atoms in total. The first-order valence-corrected chi connectivity index (χ1v) is 9.93. The van der Waals surface area contributed by atoms with Crippen LogP contribution in [0.25, 0.3) is 0 Å². The van der Waals surface area contributed by atoms with Crippen LogP contribution in [0.4, 0.5) is 0 Å². The Labute approximate surface area is 162 Å². The third kappa shape index (κ3) is 5.26. The largest absolute Gasteiger partial charge is 0.493 e. The topological polar surface area (TPSA) is 61.4 Å². The van der Waals surface area contributed by atoms with Crippen LogP contribution in [0.3, 0.4) is 0 Å². The van der Waals surface area contributed by atoms with Crippen molar-refractivity contribution in [1.82, 2.24) is 20.4 Å². The van der Waals surface area contributed by atoms with Crippen molar-refractivity contribution in [2.24, 2.45) is 4.99 Å². The average Bonchev–Trinajstić information content (AvgIpc) is 2.72. The lowest BCUT2D eigenvalue weighted by molar-refractivity contribution is 0.0174. The molecular formula is C20H33N5O2. The van der Waals surface area contributed by atoms with Crippen molar-refractivity contribution in [3.05, 3.63) is 23.8 Å². The Morgan fingerprint density at radius 1 is 1.11 bits per heavy atom. The molecule has 7 heteroatoms. The molecule has 2 bridgehead atoms. The van der Waals surface area contributed by atoms with Gasteiger partial charge in [-0.2, -0.15) is 0 Å². The van der Waals surface area contributed by atoms with E-state index in [1.807, 2.05) is 12.1 Å². The maximum absolute atomic E-state index is 5.38. The fraction of sp³-hybridized carbons (Fsp3) is 0.650. The summed E-state index contributed by atoms with van der Waals surface area (Å²) in [5, 5.41) is 6.81. The van der Waals surface area contributed by atoms with Gasteiger partial charge >= 0.3 is 0 Å². The van der Waals surface area contributed by atoms with E-state index in [9.17, 15) is 0 Å². The van der Waals surface area contributed by atoms with Gasteiger partial charge in [0.25, 0.3) is 0 Å². The number of benzene rings is 1. The Hall–Kier alpha value is -1.99. The second-order valence-corrected chi connectivity index (χ2v) is 7.08. The first-order valence-electron chi connectivity index (χ1n) is 9.93. The summed E-state index contributed by atoms with van der Waals surface area (Å²) in [5.41, 5.74) is 1.21. The van der Waals surface area contributed by atoms with Crippen LogP contribution in [0.15, 0.2) is 23.2 Å². The van der Waals surface area contributed by atoms with Gasteiger partial charge in [0.05, 0.1) is 20.8 Å². The van der Waals surface area contributed by atoms with E-state index in [0.717, 1.165) is 50.1 Å². The van der Waals surface area contributed by atoms with E-state index in [1.165, 1.54) is 31.7 Å². The highest BCUT2D eigenvalue weighted by Gasteiger charge is 2.31. The number of piperazine rings is 3. The molecule has 0 radical (unpaired) electrons. The van der Waals surface area contributed by atoms with Crippen molar-refractivity contribution >= 4 is 5.96 Å². The van der Waals surface area contributed by atoms with Crippen LogP contribution in [0, 0.1) is 0 Å². The molecule has 4 rings (SSSR count). The summed E-state index contributed by atoms with van der Waals surface area (Å²) in [6.07, 6.45) is 0.897. The lowest BCUT2D eigenvalue weighted by atomic mass is 10.1. The standard InChI is InChI=1S/C20H33N5O2/c1-4-21-20(23-14-17-15-24-9-11-25(17)12-10-24)22-8-7-16-5-6-18(26-2)19(13-16)27-3/h5-6,13,17H,4,7-12,14-15H2,1-3H3,(H2,21,22,23). The molecule has 3 saturated heterocycles. The third-order valence-corrected chi connectivity index (χ3v) is 5.35. The van der Waals surface area contributed by atoms with Crippen molar-refractivity contribution in [3.63, 3.8) is 0 Å². The zero-order valence-corrected chi connectivity index (χ0v) is 16.8. The molecule has 3 heterocycles. The Morgan fingerprint density at radius 3 is 2.52 bits per heavy atom. The van der Waals surface area contributed by atoms with Crippen molar-refractivity contribution in [2.75, 3.05) is 66.6 Å². The van der Waals surface area contributed by atoms with E-state index >= 15 is 0 Å². The predicted molar refractivity (Wildman–Crippen MR) is 109 cm³/mol. The van der Waals surface area contributed by atoms with Crippen molar-refractivity contribution < 1.29 is 9.47 Å². The summed E-state index contributed by atoms with van der Waals surface area (Å²) in [6.45, 7) is 10.6. The molecule has 1 atom stereocenters. The molecular weight excluding hydrogens is 342 g/mol. The molecule has 1 aromatic rings. The fourth-order valence-corrected chi connectivity index (χ4v) is 3.80. The third-order valence-electron chi connectivity index (χ3n) is 5.35. The number of aliphatic imine (C=N–C) groups is 1. The minimum absolute atomic E-state index is 0.550. The van der Waals surface area contributed by atoms with Crippen molar-refractivity contribution in [1.29, 1.82) is 0 Å². The van der Waals surface area contributed by atoms with Crippen LogP contribution in [0.2, 0.25) is 0 Å². The highest BCUT2D eigenvalue weighted by molar-refractivity contribution is 5.79. The second-order valence-electron chi connectivity index (χ2n) is 7.08. The highest BCUT2D eigenvalue weighted by atomic mass is 16.5. The maximum atomic E-state index is 5.38. The van der Waals surface area contributed by atoms with Gasteiger partial charge in [-0.3, -0.25) is 14.8 Å². The lowest BCUT2D eigenvalue weighted by Gasteiger charge is -2.47. The Bertz CT molecular complexity index is 629. The van der Waals surface area contributed by atoms with Gasteiger partial charge in [0.1, 0.15) is 0 Å². The van der Waals surface area contributed by atoms with Crippen LogP contribution in [-0.2, 0) is 6.42 Å². The smallest absolute Gasteiger partial charge is 0.191 e. The summed E-state index contributed by atoms with van der Waals surface area (Å²) in [5.74, 6) is 2.43. The van der Waals surface area contributed by atoms with Gasteiger partial charge in [0, 0.05) is 51.9 Å². The summed E-state index contributed by atoms with van der Waals surface area (Å²) in [4.78, 5) is 9.96. The number of nitrogens with zero attached hydrogens (tertiary/aromatic N) is 3. The van der Waals surface area contributed by atoms with Gasteiger partial charge in [-0.25, -0.2) is 0 Å². The van der Waals surface area contributed by atoms with E-state index < -0.39 is 0 Å². The first kappa shape index (κ1) is 19.8. The molecule has 2 N–H and O–H groups in total. The fourth-order valence-electron chi connectivity index (χ4n) is 3.80. The van der Waals surface area contributed by atoms with Crippen LogP contribution >= 0.6 is 0 Å². The number of guanidine groups is 1. The average molecular weight is 376 g/mol. The second kappa shape index (κ2) is 9.80. The van der Waals surface area contributed by atoms with E-state index in [1.54, 1.807) is 14.2 Å². The number of methoxy groups -OCH3 is 2. The van der Waals surface area contributed by atoms with Gasteiger partial charge in [0.15, 0.2) is 17.5 Å². The molecule has 150 valence electrons. The van der Waals surface area contributed by atoms with E-state index in [4.69, 9.17) is 14.5 Å².